The minimum Gasteiger partial charge on any atom is -0.495 e. The van der Waals surface area contributed by atoms with Gasteiger partial charge in [-0.25, -0.2) is 0 Å². The number of nitrogen functional groups attached to an aromatic ring is 1. The highest BCUT2D eigenvalue weighted by atomic mass is 35.5. The molecule has 1 heterocycles. The summed E-state index contributed by atoms with van der Waals surface area (Å²) in [4.78, 5) is 0. The van der Waals surface area contributed by atoms with E-state index in [1.807, 2.05) is 31.2 Å². The normalized spacial score (nSPS) is 13.1. The predicted molar refractivity (Wildman–Crippen MR) is 119 cm³/mol. The molecular formula is C22H21Cl2N3O2. The molecule has 4 rings (SSSR count). The van der Waals surface area contributed by atoms with Gasteiger partial charge in [0.1, 0.15) is 11.5 Å². The van der Waals surface area contributed by atoms with Crippen LogP contribution in [-0.4, -0.2) is 24.4 Å². The molecule has 1 aliphatic carbocycles. The summed E-state index contributed by atoms with van der Waals surface area (Å²) in [6, 6.07) is 7.71. The number of halogens is 2. The molecule has 0 spiro atoms. The molecule has 3 aromatic rings. The molecule has 150 valence electrons. The van der Waals surface area contributed by atoms with E-state index in [1.54, 1.807) is 20.3 Å². The Morgan fingerprint density at radius 2 is 1.72 bits per heavy atom. The highest BCUT2D eigenvalue weighted by molar-refractivity contribution is 6.39. The minimum absolute atomic E-state index is 0.468. The molecule has 0 radical (unpaired) electrons. The van der Waals surface area contributed by atoms with Crippen LogP contribution in [0, 0.1) is 6.92 Å². The van der Waals surface area contributed by atoms with Gasteiger partial charge in [0.05, 0.1) is 35.7 Å². The zero-order valence-corrected chi connectivity index (χ0v) is 17.9. The molecule has 0 amide bonds. The van der Waals surface area contributed by atoms with Crippen molar-refractivity contribution in [3.05, 3.63) is 56.7 Å². The molecule has 0 fully saturated rings. The van der Waals surface area contributed by atoms with Gasteiger partial charge in [-0.3, -0.25) is 5.10 Å². The molecule has 1 aliphatic rings. The standard InChI is InChI=1S/C22H21Cl2N3O2/c1-11-4-6-13(15(25)8-11)22-14-7-5-12(9-16(14)26-27-22)19-20(23)17(28-2)10-18(29-3)21(19)24/h4,6,8-10H,5,7,25H2,1-3H3,(H,26,27). The fourth-order valence-corrected chi connectivity index (χ4v) is 4.49. The second-order valence-corrected chi connectivity index (χ2v) is 7.76. The minimum atomic E-state index is 0.468. The van der Waals surface area contributed by atoms with Gasteiger partial charge in [-0.1, -0.05) is 35.3 Å². The van der Waals surface area contributed by atoms with Crippen molar-refractivity contribution in [2.75, 3.05) is 20.0 Å². The Hall–Kier alpha value is -2.63. The van der Waals surface area contributed by atoms with E-state index in [1.165, 1.54) is 0 Å². The maximum Gasteiger partial charge on any atom is 0.141 e. The molecular weight excluding hydrogens is 409 g/mol. The maximum atomic E-state index is 6.59. The van der Waals surface area contributed by atoms with Gasteiger partial charge < -0.3 is 15.2 Å². The van der Waals surface area contributed by atoms with Crippen molar-refractivity contribution in [3.63, 3.8) is 0 Å². The lowest BCUT2D eigenvalue weighted by molar-refractivity contribution is 0.394. The SMILES string of the molecule is COc1cc(OC)c(Cl)c(C2=Cc3[nH]nc(-c4ccc(C)cc4N)c3CC2)c1Cl. The van der Waals surface area contributed by atoms with Gasteiger partial charge in [-0.15, -0.1) is 0 Å². The van der Waals surface area contributed by atoms with E-state index < -0.39 is 0 Å². The molecule has 2 aromatic carbocycles. The summed E-state index contributed by atoms with van der Waals surface area (Å²) in [6.07, 6.45) is 3.57. The summed E-state index contributed by atoms with van der Waals surface area (Å²) in [6.45, 7) is 2.02. The Kier molecular flexibility index (Phi) is 5.19. The first kappa shape index (κ1) is 19.7. The van der Waals surface area contributed by atoms with Crippen molar-refractivity contribution in [2.24, 2.45) is 0 Å². The number of nitrogens with two attached hydrogens (primary N) is 1. The van der Waals surface area contributed by atoms with Gasteiger partial charge in [0.15, 0.2) is 0 Å². The average molecular weight is 430 g/mol. The van der Waals surface area contributed by atoms with Gasteiger partial charge in [-0.05, 0) is 43.0 Å². The third kappa shape index (κ3) is 3.34. The molecule has 0 atom stereocenters. The number of methoxy groups -OCH3 is 2. The molecule has 1 aromatic heterocycles. The van der Waals surface area contributed by atoms with E-state index >= 15 is 0 Å². The second kappa shape index (κ2) is 7.65. The molecule has 0 saturated heterocycles. The molecule has 0 saturated carbocycles. The van der Waals surface area contributed by atoms with E-state index in [9.17, 15) is 0 Å². The highest BCUT2D eigenvalue weighted by Crippen LogP contribution is 2.47. The fourth-order valence-electron chi connectivity index (χ4n) is 3.74. The second-order valence-electron chi connectivity index (χ2n) is 7.01. The molecule has 5 nitrogen and oxygen atoms in total. The quantitative estimate of drug-likeness (QED) is 0.515. The van der Waals surface area contributed by atoms with Gasteiger partial charge in [0, 0.05) is 28.4 Å². The van der Waals surface area contributed by atoms with Crippen LogP contribution in [0.4, 0.5) is 5.69 Å². The van der Waals surface area contributed by atoms with Crippen molar-refractivity contribution in [3.8, 4) is 22.8 Å². The number of hydrogen-bond acceptors (Lipinski definition) is 4. The summed E-state index contributed by atoms with van der Waals surface area (Å²) in [7, 11) is 3.14. The van der Waals surface area contributed by atoms with E-state index in [4.69, 9.17) is 38.4 Å². The number of fused-ring (bicyclic) bond motifs is 1. The predicted octanol–water partition coefficient (Wildman–Crippen LogP) is 5.78. The smallest absolute Gasteiger partial charge is 0.141 e. The Morgan fingerprint density at radius 1 is 1.03 bits per heavy atom. The number of hydrogen-bond donors (Lipinski definition) is 2. The summed E-state index contributed by atoms with van der Waals surface area (Å²) in [5.41, 5.74) is 13.7. The van der Waals surface area contributed by atoms with Gasteiger partial charge >= 0.3 is 0 Å². The van der Waals surface area contributed by atoms with Gasteiger partial charge in [0.2, 0.25) is 0 Å². The number of nitrogens with zero attached hydrogens (tertiary/aromatic N) is 1. The van der Waals surface area contributed by atoms with Crippen LogP contribution in [0.3, 0.4) is 0 Å². The van der Waals surface area contributed by atoms with E-state index in [2.05, 4.69) is 10.2 Å². The van der Waals surface area contributed by atoms with Crippen LogP contribution in [0.5, 0.6) is 11.5 Å². The van der Waals surface area contributed by atoms with Crippen LogP contribution in [0.1, 0.15) is 28.8 Å². The highest BCUT2D eigenvalue weighted by Gasteiger charge is 2.25. The first-order valence-corrected chi connectivity index (χ1v) is 9.94. The molecule has 0 bridgehead atoms. The van der Waals surface area contributed by atoms with E-state index in [0.717, 1.165) is 57.7 Å². The number of rotatable bonds is 4. The van der Waals surface area contributed by atoms with Crippen molar-refractivity contribution >= 4 is 40.5 Å². The number of nitrogens with one attached hydrogen (secondary N) is 1. The summed E-state index contributed by atoms with van der Waals surface area (Å²) in [5.74, 6) is 1.04. The number of H-pyrrole nitrogens is 1. The first-order valence-electron chi connectivity index (χ1n) is 9.19. The lowest BCUT2D eigenvalue weighted by atomic mass is 9.89. The third-order valence-corrected chi connectivity index (χ3v) is 5.97. The van der Waals surface area contributed by atoms with Crippen LogP contribution < -0.4 is 15.2 Å². The molecule has 7 heteroatoms. The summed E-state index contributed by atoms with van der Waals surface area (Å²) < 4.78 is 10.8. The number of allylic oxidation sites excluding steroid dienone is 1. The number of aromatic amines is 1. The fraction of sp³-hybridized carbons (Fsp3) is 0.227. The number of ether oxygens (including phenoxy) is 2. The lowest BCUT2D eigenvalue weighted by Gasteiger charge is -2.20. The summed E-state index contributed by atoms with van der Waals surface area (Å²) >= 11 is 13.2. The average Bonchev–Trinajstić information content (AvgIpc) is 3.11. The number of benzene rings is 2. The number of aryl methyl sites for hydroxylation is 1. The van der Waals surface area contributed by atoms with Gasteiger partial charge in [0.25, 0.3) is 0 Å². The summed E-state index contributed by atoms with van der Waals surface area (Å²) in [5, 5.41) is 8.60. The number of anilines is 1. The monoisotopic (exact) mass is 429 g/mol. The van der Waals surface area contributed by atoms with Crippen molar-refractivity contribution < 1.29 is 9.47 Å². The third-order valence-electron chi connectivity index (χ3n) is 5.22. The molecule has 0 unspecified atom stereocenters. The van der Waals surface area contributed by atoms with E-state index in [0.29, 0.717) is 21.5 Å². The Balaban J connectivity index is 1.82. The maximum absolute atomic E-state index is 6.59. The lowest BCUT2D eigenvalue weighted by Crippen LogP contribution is -2.02. The van der Waals surface area contributed by atoms with Crippen LogP contribution in [0.25, 0.3) is 22.9 Å². The van der Waals surface area contributed by atoms with Crippen molar-refractivity contribution in [2.45, 2.75) is 19.8 Å². The first-order chi connectivity index (χ1) is 13.9. The van der Waals surface area contributed by atoms with E-state index in [-0.39, 0.29) is 0 Å². The Labute approximate surface area is 179 Å². The van der Waals surface area contributed by atoms with Crippen molar-refractivity contribution in [1.29, 1.82) is 0 Å². The molecule has 3 N–H and O–H groups in total. The van der Waals surface area contributed by atoms with Crippen LogP contribution >= 0.6 is 23.2 Å². The Bertz CT molecular complexity index is 1110. The molecule has 29 heavy (non-hydrogen) atoms. The number of aromatic nitrogens is 2. The van der Waals surface area contributed by atoms with Crippen molar-refractivity contribution in [1.82, 2.24) is 10.2 Å². The molecule has 0 aliphatic heterocycles. The van der Waals surface area contributed by atoms with Crippen LogP contribution in [0.15, 0.2) is 24.3 Å². The Morgan fingerprint density at radius 3 is 2.34 bits per heavy atom. The van der Waals surface area contributed by atoms with Crippen LogP contribution in [-0.2, 0) is 6.42 Å². The topological polar surface area (TPSA) is 73.2 Å². The zero-order valence-electron chi connectivity index (χ0n) is 16.4. The largest absolute Gasteiger partial charge is 0.495 e. The zero-order chi connectivity index (χ0) is 20.7. The van der Waals surface area contributed by atoms with Gasteiger partial charge in [-0.2, -0.15) is 5.10 Å². The van der Waals surface area contributed by atoms with Crippen LogP contribution in [0.2, 0.25) is 10.0 Å².